The van der Waals surface area contributed by atoms with Gasteiger partial charge in [-0.25, -0.2) is 0 Å². The molecule has 0 saturated carbocycles. The van der Waals surface area contributed by atoms with Crippen LogP contribution in [0.15, 0.2) is 30.4 Å². The summed E-state index contributed by atoms with van der Waals surface area (Å²) >= 11 is 0. The number of carbonyl (C=O) groups is 4. The smallest absolute Gasteiger partial charge is 0.163 e. The summed E-state index contributed by atoms with van der Waals surface area (Å²) in [4.78, 5) is 49.3. The van der Waals surface area contributed by atoms with E-state index < -0.39 is 0 Å². The van der Waals surface area contributed by atoms with Gasteiger partial charge in [0.15, 0.2) is 11.6 Å². The molecule has 0 saturated heterocycles. The SMILES string of the molecule is CCCC(CC1CC(=O)c2c(C)ccc(C3=CCC(=O)C=C3)c2C1)C(CC)C(=O)CC(C)=O. The molecule has 0 N–H and O–H groups in total. The number of hydrogen-bond acceptors (Lipinski definition) is 4. The lowest BCUT2D eigenvalue weighted by atomic mass is 9.71. The second-order valence-electron chi connectivity index (χ2n) is 9.79. The Labute approximate surface area is 197 Å². The summed E-state index contributed by atoms with van der Waals surface area (Å²) in [5, 5.41) is 0. The molecule has 0 radical (unpaired) electrons. The number of hydrogen-bond donors (Lipinski definition) is 0. The predicted octanol–water partition coefficient (Wildman–Crippen LogP) is 6.03. The normalized spacial score (nSPS) is 19.6. The van der Waals surface area contributed by atoms with Crippen LogP contribution < -0.4 is 0 Å². The number of rotatable bonds is 10. The van der Waals surface area contributed by atoms with E-state index in [0.29, 0.717) is 12.8 Å². The summed E-state index contributed by atoms with van der Waals surface area (Å²) in [6.45, 7) is 7.61. The van der Waals surface area contributed by atoms with E-state index in [0.717, 1.165) is 59.9 Å². The Morgan fingerprint density at radius 1 is 1.09 bits per heavy atom. The van der Waals surface area contributed by atoms with Gasteiger partial charge < -0.3 is 0 Å². The Bertz CT molecular complexity index is 1010. The molecule has 0 amide bonds. The molecule has 0 bridgehead atoms. The van der Waals surface area contributed by atoms with Crippen molar-refractivity contribution in [2.24, 2.45) is 17.8 Å². The van der Waals surface area contributed by atoms with Crippen LogP contribution in [0.4, 0.5) is 0 Å². The van der Waals surface area contributed by atoms with Crippen LogP contribution in [0.2, 0.25) is 0 Å². The number of benzene rings is 1. The van der Waals surface area contributed by atoms with Gasteiger partial charge in [0.25, 0.3) is 0 Å². The van der Waals surface area contributed by atoms with Gasteiger partial charge in [-0.05, 0) is 73.3 Å². The predicted molar refractivity (Wildman–Crippen MR) is 131 cm³/mol. The number of allylic oxidation sites excluding steroid dienone is 4. The average molecular weight is 449 g/mol. The van der Waals surface area contributed by atoms with Crippen molar-refractivity contribution in [1.82, 2.24) is 0 Å². The molecular formula is C29H36O4. The van der Waals surface area contributed by atoms with E-state index in [2.05, 4.69) is 13.0 Å². The Balaban J connectivity index is 1.89. The third kappa shape index (κ3) is 5.85. The van der Waals surface area contributed by atoms with Gasteiger partial charge in [-0.3, -0.25) is 19.2 Å². The molecule has 3 atom stereocenters. The summed E-state index contributed by atoms with van der Waals surface area (Å²) in [5.41, 5.74) is 4.97. The second kappa shape index (κ2) is 11.0. The van der Waals surface area contributed by atoms with Gasteiger partial charge in [-0.1, -0.05) is 51.0 Å². The number of fused-ring (bicyclic) bond motifs is 1. The van der Waals surface area contributed by atoms with E-state index in [9.17, 15) is 19.2 Å². The topological polar surface area (TPSA) is 68.3 Å². The highest BCUT2D eigenvalue weighted by atomic mass is 16.1. The highest BCUT2D eigenvalue weighted by Crippen LogP contribution is 2.39. The van der Waals surface area contributed by atoms with Crippen LogP contribution >= 0.6 is 0 Å². The highest BCUT2D eigenvalue weighted by Gasteiger charge is 2.34. The van der Waals surface area contributed by atoms with Gasteiger partial charge in [-0.2, -0.15) is 0 Å². The third-order valence-corrected chi connectivity index (χ3v) is 7.19. The van der Waals surface area contributed by atoms with E-state index in [1.54, 1.807) is 6.08 Å². The van der Waals surface area contributed by atoms with Gasteiger partial charge in [0.1, 0.15) is 11.6 Å². The van der Waals surface area contributed by atoms with Crippen molar-refractivity contribution in [2.75, 3.05) is 0 Å². The van der Waals surface area contributed by atoms with Crippen LogP contribution in [0.1, 0.15) is 92.8 Å². The molecule has 0 spiro atoms. The largest absolute Gasteiger partial charge is 0.300 e. The maximum absolute atomic E-state index is 13.3. The Kier molecular flexibility index (Phi) is 8.34. The zero-order valence-electron chi connectivity index (χ0n) is 20.4. The molecule has 0 aromatic heterocycles. The van der Waals surface area contributed by atoms with Crippen molar-refractivity contribution in [2.45, 2.75) is 79.1 Å². The Hall–Kier alpha value is -2.62. The summed E-state index contributed by atoms with van der Waals surface area (Å²) in [7, 11) is 0. The van der Waals surface area contributed by atoms with Gasteiger partial charge in [0.05, 0.1) is 6.42 Å². The number of aryl methyl sites for hydroxylation is 1. The van der Waals surface area contributed by atoms with Crippen molar-refractivity contribution in [1.29, 1.82) is 0 Å². The molecule has 4 heteroatoms. The molecule has 2 aliphatic carbocycles. The van der Waals surface area contributed by atoms with Crippen molar-refractivity contribution >= 4 is 28.7 Å². The van der Waals surface area contributed by atoms with Crippen LogP contribution in [0.3, 0.4) is 0 Å². The van der Waals surface area contributed by atoms with Gasteiger partial charge in [0.2, 0.25) is 0 Å². The van der Waals surface area contributed by atoms with Crippen LogP contribution in [-0.2, 0) is 20.8 Å². The zero-order valence-corrected chi connectivity index (χ0v) is 20.4. The number of ketones is 4. The zero-order chi connectivity index (χ0) is 24.1. The van der Waals surface area contributed by atoms with Crippen LogP contribution in [-0.4, -0.2) is 23.1 Å². The van der Waals surface area contributed by atoms with Crippen LogP contribution in [0, 0.1) is 24.7 Å². The molecule has 2 aliphatic rings. The minimum atomic E-state index is -0.127. The molecule has 0 aliphatic heterocycles. The first-order valence-electron chi connectivity index (χ1n) is 12.3. The van der Waals surface area contributed by atoms with Crippen molar-refractivity contribution in [3.63, 3.8) is 0 Å². The fraction of sp³-hybridized carbons (Fsp3) is 0.517. The first-order chi connectivity index (χ1) is 15.7. The Morgan fingerprint density at radius 3 is 2.45 bits per heavy atom. The number of Topliss-reactive ketones (excluding diaryl/α,β-unsaturated/α-hetero) is 3. The van der Waals surface area contributed by atoms with Crippen LogP contribution in [0.5, 0.6) is 0 Å². The molecule has 1 aromatic rings. The summed E-state index contributed by atoms with van der Waals surface area (Å²) < 4.78 is 0. The molecule has 3 unspecified atom stereocenters. The van der Waals surface area contributed by atoms with Gasteiger partial charge >= 0.3 is 0 Å². The van der Waals surface area contributed by atoms with E-state index in [1.807, 2.05) is 32.1 Å². The van der Waals surface area contributed by atoms with E-state index >= 15 is 0 Å². The molecule has 4 nitrogen and oxygen atoms in total. The summed E-state index contributed by atoms with van der Waals surface area (Å²) in [5.74, 6) is 0.471. The molecule has 33 heavy (non-hydrogen) atoms. The molecule has 3 rings (SSSR count). The van der Waals surface area contributed by atoms with Gasteiger partial charge in [0, 0.05) is 24.3 Å². The first kappa shape index (κ1) is 25.0. The summed E-state index contributed by atoms with van der Waals surface area (Å²) in [6, 6.07) is 4.08. The lowest BCUT2D eigenvalue weighted by Gasteiger charge is -2.32. The molecule has 176 valence electrons. The second-order valence-corrected chi connectivity index (χ2v) is 9.79. The molecule has 0 fully saturated rings. The fourth-order valence-corrected chi connectivity index (χ4v) is 5.74. The fourth-order valence-electron chi connectivity index (χ4n) is 5.74. The van der Waals surface area contributed by atoms with E-state index in [-0.39, 0.29) is 47.3 Å². The monoisotopic (exact) mass is 448 g/mol. The standard InChI is InChI=1S/C29H36O4/c1-5-7-22(24(6-2)27(32)14-19(4)30)15-20-16-26-25(21-9-11-23(31)12-10-21)13-8-18(3)29(26)28(33)17-20/h8-11,13,20,22,24H,5-7,12,14-17H2,1-4H3. The molecule has 0 heterocycles. The van der Waals surface area contributed by atoms with E-state index in [1.165, 1.54) is 6.92 Å². The maximum atomic E-state index is 13.3. The first-order valence-corrected chi connectivity index (χ1v) is 12.3. The average Bonchev–Trinajstić information content (AvgIpc) is 2.74. The number of carbonyl (C=O) groups excluding carboxylic acids is 4. The minimum absolute atomic E-state index is 0.00764. The lowest BCUT2D eigenvalue weighted by Crippen LogP contribution is -2.30. The van der Waals surface area contributed by atoms with Crippen molar-refractivity contribution < 1.29 is 19.2 Å². The van der Waals surface area contributed by atoms with Crippen molar-refractivity contribution in [3.8, 4) is 0 Å². The lowest BCUT2D eigenvalue weighted by molar-refractivity contribution is -0.130. The quantitative estimate of drug-likeness (QED) is 0.410. The molecular weight excluding hydrogens is 412 g/mol. The minimum Gasteiger partial charge on any atom is -0.300 e. The van der Waals surface area contributed by atoms with Crippen LogP contribution in [0.25, 0.3) is 5.57 Å². The Morgan fingerprint density at radius 2 is 1.85 bits per heavy atom. The maximum Gasteiger partial charge on any atom is 0.163 e. The molecule has 1 aromatic carbocycles. The highest BCUT2D eigenvalue weighted by molar-refractivity contribution is 6.03. The van der Waals surface area contributed by atoms with E-state index in [4.69, 9.17) is 0 Å². The summed E-state index contributed by atoms with van der Waals surface area (Å²) in [6.07, 6.45) is 10.6. The van der Waals surface area contributed by atoms with Gasteiger partial charge in [-0.15, -0.1) is 0 Å². The van der Waals surface area contributed by atoms with Crippen molar-refractivity contribution in [3.05, 3.63) is 52.6 Å². The third-order valence-electron chi connectivity index (χ3n) is 7.19.